The Kier molecular flexibility index (Phi) is 4.93. The second-order valence-corrected chi connectivity index (χ2v) is 7.01. The Bertz CT molecular complexity index is 715. The van der Waals surface area contributed by atoms with Crippen LogP contribution in [0.15, 0.2) is 53.1 Å². The minimum atomic E-state index is -0.581. The van der Waals surface area contributed by atoms with Crippen LogP contribution in [-0.2, 0) is 10.2 Å². The quantitative estimate of drug-likeness (QED) is 0.931. The monoisotopic (exact) mass is 340 g/mol. The first kappa shape index (κ1) is 17.3. The van der Waals surface area contributed by atoms with Crippen molar-refractivity contribution >= 4 is 11.8 Å². The van der Waals surface area contributed by atoms with Crippen molar-refractivity contribution in [2.24, 2.45) is 0 Å². The molecule has 1 saturated heterocycles. The van der Waals surface area contributed by atoms with E-state index in [-0.39, 0.29) is 17.9 Å². The van der Waals surface area contributed by atoms with Gasteiger partial charge in [0.15, 0.2) is 5.76 Å². The van der Waals surface area contributed by atoms with Gasteiger partial charge in [-0.05, 0) is 44.4 Å². The van der Waals surface area contributed by atoms with Crippen LogP contribution in [0, 0.1) is 0 Å². The van der Waals surface area contributed by atoms with E-state index in [0.29, 0.717) is 18.8 Å². The molecule has 0 unspecified atom stereocenters. The maximum Gasteiger partial charge on any atom is 0.289 e. The minimum absolute atomic E-state index is 0.0227. The van der Waals surface area contributed by atoms with Crippen molar-refractivity contribution in [3.8, 4) is 0 Å². The van der Waals surface area contributed by atoms with E-state index >= 15 is 0 Å². The van der Waals surface area contributed by atoms with Crippen LogP contribution in [0.3, 0.4) is 0 Å². The lowest BCUT2D eigenvalue weighted by Crippen LogP contribution is -2.50. The van der Waals surface area contributed by atoms with E-state index in [2.05, 4.69) is 5.32 Å². The second kappa shape index (κ2) is 7.13. The number of nitrogens with one attached hydrogen (secondary N) is 1. The Morgan fingerprint density at radius 2 is 1.76 bits per heavy atom. The summed E-state index contributed by atoms with van der Waals surface area (Å²) in [4.78, 5) is 26.8. The minimum Gasteiger partial charge on any atom is -0.459 e. The molecule has 0 aliphatic carbocycles. The van der Waals surface area contributed by atoms with Gasteiger partial charge in [-0.15, -0.1) is 0 Å². The lowest BCUT2D eigenvalue weighted by molar-refractivity contribution is -0.126. The number of likely N-dealkylation sites (tertiary alicyclic amines) is 1. The number of furan rings is 1. The lowest BCUT2D eigenvalue weighted by atomic mass is 9.83. The van der Waals surface area contributed by atoms with Crippen molar-refractivity contribution in [3.05, 3.63) is 60.1 Å². The molecular formula is C20H24N2O3. The van der Waals surface area contributed by atoms with E-state index in [0.717, 1.165) is 18.4 Å². The number of hydrogen-bond donors (Lipinski definition) is 1. The highest BCUT2D eigenvalue weighted by Gasteiger charge is 2.32. The smallest absolute Gasteiger partial charge is 0.289 e. The van der Waals surface area contributed by atoms with Crippen molar-refractivity contribution in [3.63, 3.8) is 0 Å². The molecule has 0 radical (unpaired) electrons. The summed E-state index contributed by atoms with van der Waals surface area (Å²) in [7, 11) is 0. The van der Waals surface area contributed by atoms with Gasteiger partial charge < -0.3 is 14.6 Å². The SMILES string of the molecule is CC(C)(C(=O)NC1CCN(C(=O)c2ccco2)CC1)c1ccccc1. The maximum absolute atomic E-state index is 12.7. The fraction of sp³-hybridized carbons (Fsp3) is 0.400. The molecule has 1 aliphatic heterocycles. The third-order valence-corrected chi connectivity index (χ3v) is 4.91. The Balaban J connectivity index is 1.55. The van der Waals surface area contributed by atoms with Crippen LogP contribution in [0.4, 0.5) is 0 Å². The van der Waals surface area contributed by atoms with Gasteiger partial charge in [0.1, 0.15) is 0 Å². The van der Waals surface area contributed by atoms with Gasteiger partial charge in [-0.3, -0.25) is 9.59 Å². The molecule has 5 heteroatoms. The van der Waals surface area contributed by atoms with Crippen molar-refractivity contribution in [2.45, 2.75) is 38.1 Å². The van der Waals surface area contributed by atoms with Crippen molar-refractivity contribution < 1.29 is 14.0 Å². The van der Waals surface area contributed by atoms with Crippen molar-refractivity contribution in [2.75, 3.05) is 13.1 Å². The van der Waals surface area contributed by atoms with Crippen molar-refractivity contribution in [1.82, 2.24) is 10.2 Å². The van der Waals surface area contributed by atoms with Crippen LogP contribution < -0.4 is 5.32 Å². The predicted molar refractivity (Wildman–Crippen MR) is 95.2 cm³/mol. The Hall–Kier alpha value is -2.56. The summed E-state index contributed by atoms with van der Waals surface area (Å²) < 4.78 is 5.17. The van der Waals surface area contributed by atoms with Crippen LogP contribution >= 0.6 is 0 Å². The molecule has 2 heterocycles. The van der Waals surface area contributed by atoms with E-state index in [1.54, 1.807) is 17.0 Å². The van der Waals surface area contributed by atoms with Crippen LogP contribution in [0.5, 0.6) is 0 Å². The Morgan fingerprint density at radius 3 is 2.36 bits per heavy atom. The standard InChI is InChI=1S/C20H24N2O3/c1-20(2,15-7-4-3-5-8-15)19(24)21-16-10-12-22(13-11-16)18(23)17-9-6-14-25-17/h3-9,14,16H,10-13H2,1-2H3,(H,21,24). The lowest BCUT2D eigenvalue weighted by Gasteiger charge is -2.34. The first-order valence-corrected chi connectivity index (χ1v) is 8.68. The zero-order valence-corrected chi connectivity index (χ0v) is 14.7. The molecule has 1 aliphatic rings. The molecule has 132 valence electrons. The molecule has 2 amide bonds. The molecule has 1 N–H and O–H groups in total. The molecule has 3 rings (SSSR count). The highest BCUT2D eigenvalue weighted by Crippen LogP contribution is 2.24. The largest absolute Gasteiger partial charge is 0.459 e. The summed E-state index contributed by atoms with van der Waals surface area (Å²) in [5, 5.41) is 3.15. The molecule has 1 aromatic heterocycles. The van der Waals surface area contributed by atoms with Gasteiger partial charge in [0.05, 0.1) is 11.7 Å². The summed E-state index contributed by atoms with van der Waals surface area (Å²) in [5.74, 6) is 0.307. The van der Waals surface area contributed by atoms with E-state index in [1.807, 2.05) is 44.2 Å². The molecule has 0 atom stereocenters. The van der Waals surface area contributed by atoms with Gasteiger partial charge in [0, 0.05) is 19.1 Å². The predicted octanol–water partition coefficient (Wildman–Crippen LogP) is 2.98. The highest BCUT2D eigenvalue weighted by atomic mass is 16.3. The van der Waals surface area contributed by atoms with Crippen LogP contribution in [0.1, 0.15) is 42.8 Å². The van der Waals surface area contributed by atoms with Gasteiger partial charge in [0.25, 0.3) is 5.91 Å². The number of piperidine rings is 1. The number of rotatable bonds is 4. The summed E-state index contributed by atoms with van der Waals surface area (Å²) in [6.07, 6.45) is 3.01. The number of carbonyl (C=O) groups is 2. The molecule has 0 bridgehead atoms. The Morgan fingerprint density at radius 1 is 1.08 bits per heavy atom. The van der Waals surface area contributed by atoms with E-state index in [9.17, 15) is 9.59 Å². The van der Waals surface area contributed by atoms with Gasteiger partial charge in [-0.1, -0.05) is 30.3 Å². The van der Waals surface area contributed by atoms with Gasteiger partial charge in [-0.25, -0.2) is 0 Å². The molecular weight excluding hydrogens is 316 g/mol. The maximum atomic E-state index is 12.7. The average molecular weight is 340 g/mol. The molecule has 25 heavy (non-hydrogen) atoms. The molecule has 0 saturated carbocycles. The third-order valence-electron chi connectivity index (χ3n) is 4.91. The van der Waals surface area contributed by atoms with E-state index in [4.69, 9.17) is 4.42 Å². The normalized spacial score (nSPS) is 15.8. The average Bonchev–Trinajstić information content (AvgIpc) is 3.17. The van der Waals surface area contributed by atoms with Gasteiger partial charge in [0.2, 0.25) is 5.91 Å². The van der Waals surface area contributed by atoms with Crippen molar-refractivity contribution in [1.29, 1.82) is 0 Å². The van der Waals surface area contributed by atoms with Crippen LogP contribution in [0.25, 0.3) is 0 Å². The summed E-state index contributed by atoms with van der Waals surface area (Å²) >= 11 is 0. The topological polar surface area (TPSA) is 62.6 Å². The number of carbonyl (C=O) groups excluding carboxylic acids is 2. The number of nitrogens with zero attached hydrogens (tertiary/aromatic N) is 1. The zero-order chi connectivity index (χ0) is 17.9. The Labute approximate surface area is 148 Å². The molecule has 1 fully saturated rings. The molecule has 0 spiro atoms. The summed E-state index contributed by atoms with van der Waals surface area (Å²) in [5.41, 5.74) is 0.417. The fourth-order valence-electron chi connectivity index (χ4n) is 3.13. The first-order valence-electron chi connectivity index (χ1n) is 8.68. The van der Waals surface area contributed by atoms with Crippen LogP contribution in [-0.4, -0.2) is 35.8 Å². The zero-order valence-electron chi connectivity index (χ0n) is 14.7. The summed E-state index contributed by atoms with van der Waals surface area (Å²) in [6.45, 7) is 5.12. The fourth-order valence-corrected chi connectivity index (χ4v) is 3.13. The molecule has 1 aromatic carbocycles. The number of amides is 2. The van der Waals surface area contributed by atoms with Crippen LogP contribution in [0.2, 0.25) is 0 Å². The number of hydrogen-bond acceptors (Lipinski definition) is 3. The third kappa shape index (κ3) is 3.76. The van der Waals surface area contributed by atoms with Gasteiger partial charge >= 0.3 is 0 Å². The first-order chi connectivity index (χ1) is 12.0. The number of benzene rings is 1. The van der Waals surface area contributed by atoms with E-state index in [1.165, 1.54) is 6.26 Å². The van der Waals surface area contributed by atoms with E-state index < -0.39 is 5.41 Å². The second-order valence-electron chi connectivity index (χ2n) is 7.01. The highest BCUT2D eigenvalue weighted by molar-refractivity contribution is 5.91. The summed E-state index contributed by atoms with van der Waals surface area (Å²) in [6, 6.07) is 13.3. The van der Waals surface area contributed by atoms with Gasteiger partial charge in [-0.2, -0.15) is 0 Å². The molecule has 5 nitrogen and oxygen atoms in total. The molecule has 2 aromatic rings.